The van der Waals surface area contributed by atoms with Gasteiger partial charge in [0, 0.05) is 11.8 Å². The Kier molecular flexibility index (Phi) is 6.88. The number of carbonyl (C=O) groups excluding carboxylic acids is 1. The molecule has 12 nitrogen and oxygen atoms in total. The standard InChI is InChI=1S/C23H28ClN6O6P/c1-11(2)33-22(31)13(4)29-37(32,35-14-8-6-5-7-9-14)36-18-15-12(3)21(34-17(15)18)30-10-26-16-19(24)27-23(25)28-20(16)30/h5-13,15,17-18,21H,1-4H3,(H,29,32)(H2,25,27,28). The summed E-state index contributed by atoms with van der Waals surface area (Å²) in [7, 11) is -4.01. The highest BCUT2D eigenvalue weighted by Crippen LogP contribution is 2.61. The molecule has 1 aromatic carbocycles. The fourth-order valence-electron chi connectivity index (χ4n) is 4.54. The summed E-state index contributed by atoms with van der Waals surface area (Å²) in [6.07, 6.45) is -0.0121. The van der Waals surface area contributed by atoms with Crippen LogP contribution in [-0.4, -0.2) is 49.8 Å². The molecule has 198 valence electrons. The van der Waals surface area contributed by atoms with Crippen LogP contribution in [0.2, 0.25) is 5.15 Å². The molecule has 1 aliphatic heterocycles. The largest absolute Gasteiger partial charge is 0.462 e. The number of aromatic nitrogens is 4. The predicted molar refractivity (Wildman–Crippen MR) is 135 cm³/mol. The summed E-state index contributed by atoms with van der Waals surface area (Å²) in [6.45, 7) is 7.01. The summed E-state index contributed by atoms with van der Waals surface area (Å²) in [5.74, 6) is -0.339. The Labute approximate surface area is 218 Å². The number of para-hydroxylation sites is 1. The van der Waals surface area contributed by atoms with Crippen LogP contribution in [-0.2, 0) is 23.4 Å². The minimum atomic E-state index is -4.01. The summed E-state index contributed by atoms with van der Waals surface area (Å²) in [4.78, 5) is 24.9. The number of halogens is 1. The van der Waals surface area contributed by atoms with E-state index in [1.807, 2.05) is 6.92 Å². The van der Waals surface area contributed by atoms with E-state index in [-0.39, 0.29) is 35.1 Å². The van der Waals surface area contributed by atoms with Gasteiger partial charge in [0.05, 0.1) is 18.5 Å². The van der Waals surface area contributed by atoms with Crippen molar-refractivity contribution in [3.63, 3.8) is 0 Å². The number of fused-ring (bicyclic) bond motifs is 2. The van der Waals surface area contributed by atoms with Crippen molar-refractivity contribution in [2.75, 3.05) is 5.73 Å². The number of rotatable bonds is 9. The Morgan fingerprint density at radius 3 is 2.62 bits per heavy atom. The lowest BCUT2D eigenvalue weighted by molar-refractivity contribution is -0.149. The Balaban J connectivity index is 1.32. The van der Waals surface area contributed by atoms with Crippen LogP contribution in [0, 0.1) is 11.8 Å². The molecule has 7 unspecified atom stereocenters. The quantitative estimate of drug-likeness (QED) is 0.227. The maximum atomic E-state index is 13.9. The zero-order valence-corrected chi connectivity index (χ0v) is 22.3. The number of hydrogen-bond donors (Lipinski definition) is 2. The molecule has 2 aliphatic rings. The molecule has 1 saturated carbocycles. The van der Waals surface area contributed by atoms with Crippen LogP contribution in [0.5, 0.6) is 5.75 Å². The number of benzene rings is 1. The number of ether oxygens (including phenoxy) is 2. The average molecular weight is 551 g/mol. The molecule has 5 rings (SSSR count). The normalized spacial score (nSPS) is 27.0. The zero-order chi connectivity index (χ0) is 26.5. The third-order valence-corrected chi connectivity index (χ3v) is 8.19. The van der Waals surface area contributed by atoms with Gasteiger partial charge < -0.3 is 19.7 Å². The monoisotopic (exact) mass is 550 g/mol. The Bertz CT molecular complexity index is 1360. The first-order valence-electron chi connectivity index (χ1n) is 11.9. The maximum absolute atomic E-state index is 13.9. The van der Waals surface area contributed by atoms with E-state index >= 15 is 0 Å². The van der Waals surface area contributed by atoms with Gasteiger partial charge in [-0.15, -0.1) is 0 Å². The van der Waals surface area contributed by atoms with Crippen LogP contribution in [0.25, 0.3) is 11.2 Å². The summed E-state index contributed by atoms with van der Waals surface area (Å²) in [6, 6.07) is 7.67. The van der Waals surface area contributed by atoms with Crippen molar-refractivity contribution >= 4 is 42.4 Å². The number of anilines is 1. The summed E-state index contributed by atoms with van der Waals surface area (Å²) in [5, 5.41) is 2.88. The first kappa shape index (κ1) is 25.9. The van der Waals surface area contributed by atoms with Gasteiger partial charge in [0.2, 0.25) is 5.95 Å². The number of nitrogens with one attached hydrogen (secondary N) is 1. The maximum Gasteiger partial charge on any atom is 0.459 e. The molecule has 0 spiro atoms. The number of nitrogens with zero attached hydrogens (tertiary/aromatic N) is 4. The molecule has 3 heterocycles. The zero-order valence-electron chi connectivity index (χ0n) is 20.6. The SMILES string of the molecule is CC(C)OC(=O)C(C)NP(=O)(Oc1ccccc1)OC1C2OC(n3cnc4c(Cl)nc(N)nc43)C(C)C21. The van der Waals surface area contributed by atoms with E-state index in [2.05, 4.69) is 20.0 Å². The molecule has 1 saturated heterocycles. The fraction of sp³-hybridized carbons (Fsp3) is 0.478. The van der Waals surface area contributed by atoms with Crippen molar-refractivity contribution in [1.82, 2.24) is 24.6 Å². The van der Waals surface area contributed by atoms with Crippen molar-refractivity contribution in [1.29, 1.82) is 0 Å². The lowest BCUT2D eigenvalue weighted by Gasteiger charge is -2.26. The van der Waals surface area contributed by atoms with Crippen LogP contribution in [0.1, 0.15) is 33.9 Å². The smallest absolute Gasteiger partial charge is 0.459 e. The minimum Gasteiger partial charge on any atom is -0.462 e. The first-order chi connectivity index (χ1) is 17.6. The van der Waals surface area contributed by atoms with Crippen molar-refractivity contribution in [3.8, 4) is 5.75 Å². The van der Waals surface area contributed by atoms with Gasteiger partial charge in [0.1, 0.15) is 29.6 Å². The lowest BCUT2D eigenvalue weighted by atomic mass is 10.1. The second kappa shape index (κ2) is 9.85. The van der Waals surface area contributed by atoms with E-state index in [0.29, 0.717) is 16.9 Å². The lowest BCUT2D eigenvalue weighted by Crippen LogP contribution is -2.36. The third kappa shape index (κ3) is 5.17. The third-order valence-electron chi connectivity index (χ3n) is 6.25. The van der Waals surface area contributed by atoms with E-state index in [9.17, 15) is 9.36 Å². The molecule has 3 aromatic rings. The number of imidazole rings is 1. The second-order valence-electron chi connectivity index (χ2n) is 9.43. The van der Waals surface area contributed by atoms with Gasteiger partial charge in [-0.25, -0.2) is 9.55 Å². The van der Waals surface area contributed by atoms with Gasteiger partial charge in [0.25, 0.3) is 0 Å². The van der Waals surface area contributed by atoms with Gasteiger partial charge in [0.15, 0.2) is 10.8 Å². The molecule has 0 radical (unpaired) electrons. The fourth-order valence-corrected chi connectivity index (χ4v) is 6.47. The van der Waals surface area contributed by atoms with E-state index in [0.717, 1.165) is 0 Å². The summed E-state index contributed by atoms with van der Waals surface area (Å²) < 4.78 is 38.9. The minimum absolute atomic E-state index is 0.0338. The molecule has 2 fully saturated rings. The van der Waals surface area contributed by atoms with E-state index in [1.54, 1.807) is 62.0 Å². The van der Waals surface area contributed by atoms with Crippen LogP contribution >= 0.6 is 19.3 Å². The number of nitrogen functional groups attached to an aromatic ring is 1. The first-order valence-corrected chi connectivity index (χ1v) is 13.8. The molecule has 3 N–H and O–H groups in total. The Morgan fingerprint density at radius 2 is 1.97 bits per heavy atom. The number of carbonyl (C=O) groups is 1. The number of esters is 1. The van der Waals surface area contributed by atoms with Crippen LogP contribution in [0.4, 0.5) is 5.95 Å². The summed E-state index contributed by atoms with van der Waals surface area (Å²) in [5.41, 5.74) is 6.66. The number of hydrogen-bond acceptors (Lipinski definition) is 10. The van der Waals surface area contributed by atoms with Crippen molar-refractivity contribution < 1.29 is 27.9 Å². The Hall–Kier alpha value is -2.76. The number of nitrogens with two attached hydrogens (primary N) is 1. The van der Waals surface area contributed by atoms with E-state index in [4.69, 9.17) is 35.9 Å². The van der Waals surface area contributed by atoms with Gasteiger partial charge in [-0.2, -0.15) is 15.1 Å². The highest BCUT2D eigenvalue weighted by molar-refractivity contribution is 7.52. The van der Waals surface area contributed by atoms with Crippen LogP contribution < -0.4 is 15.3 Å². The van der Waals surface area contributed by atoms with Crippen molar-refractivity contribution in [3.05, 3.63) is 41.8 Å². The Morgan fingerprint density at radius 1 is 1.24 bits per heavy atom. The second-order valence-corrected chi connectivity index (χ2v) is 11.4. The van der Waals surface area contributed by atoms with Crippen LogP contribution in [0.3, 0.4) is 0 Å². The van der Waals surface area contributed by atoms with Gasteiger partial charge in [-0.1, -0.05) is 36.7 Å². The van der Waals surface area contributed by atoms with Crippen molar-refractivity contribution in [2.45, 2.75) is 58.3 Å². The molecule has 37 heavy (non-hydrogen) atoms. The molecule has 1 aliphatic carbocycles. The summed E-state index contributed by atoms with van der Waals surface area (Å²) >= 11 is 6.16. The van der Waals surface area contributed by atoms with Crippen molar-refractivity contribution in [2.24, 2.45) is 11.8 Å². The molecule has 0 amide bonds. The molecular weight excluding hydrogens is 523 g/mol. The van der Waals surface area contributed by atoms with E-state index in [1.165, 1.54) is 0 Å². The van der Waals surface area contributed by atoms with E-state index < -0.39 is 32.1 Å². The highest BCUT2D eigenvalue weighted by atomic mass is 35.5. The molecule has 0 bridgehead atoms. The predicted octanol–water partition coefficient (Wildman–Crippen LogP) is 3.73. The van der Waals surface area contributed by atoms with Gasteiger partial charge >= 0.3 is 13.7 Å². The molecular formula is C23H28ClN6O6P. The highest BCUT2D eigenvalue weighted by Gasteiger charge is 2.66. The van der Waals surface area contributed by atoms with Gasteiger partial charge in [-0.3, -0.25) is 13.9 Å². The molecule has 7 atom stereocenters. The van der Waals surface area contributed by atoms with Crippen LogP contribution in [0.15, 0.2) is 36.7 Å². The van der Waals surface area contributed by atoms with Gasteiger partial charge in [-0.05, 0) is 32.9 Å². The topological polar surface area (TPSA) is 153 Å². The molecule has 2 aromatic heterocycles. The average Bonchev–Trinajstić information content (AvgIpc) is 3.12. The molecule has 14 heteroatoms.